The SMILES string of the molecule is Cn1ccc(CN2CCCC(C3OCCO3)C2)cc1=O. The van der Waals surface area contributed by atoms with Crippen molar-refractivity contribution < 1.29 is 9.47 Å². The van der Waals surface area contributed by atoms with Crippen LogP contribution in [0.4, 0.5) is 0 Å². The van der Waals surface area contributed by atoms with Gasteiger partial charge in [-0.2, -0.15) is 0 Å². The van der Waals surface area contributed by atoms with Crippen LogP contribution >= 0.6 is 0 Å². The summed E-state index contributed by atoms with van der Waals surface area (Å²) in [7, 11) is 1.78. The number of hydrogen-bond acceptors (Lipinski definition) is 4. The maximum Gasteiger partial charge on any atom is 0.250 e. The number of ether oxygens (including phenoxy) is 2. The number of piperidine rings is 1. The molecule has 0 bridgehead atoms. The first-order valence-corrected chi connectivity index (χ1v) is 7.33. The van der Waals surface area contributed by atoms with Crippen molar-refractivity contribution in [1.82, 2.24) is 9.47 Å². The van der Waals surface area contributed by atoms with Gasteiger partial charge in [0.1, 0.15) is 0 Å². The highest BCUT2D eigenvalue weighted by Crippen LogP contribution is 2.25. The summed E-state index contributed by atoms with van der Waals surface area (Å²) in [5.74, 6) is 0.456. The summed E-state index contributed by atoms with van der Waals surface area (Å²) < 4.78 is 12.8. The van der Waals surface area contributed by atoms with Crippen molar-refractivity contribution >= 4 is 0 Å². The Morgan fingerprint density at radius 1 is 1.35 bits per heavy atom. The molecule has 2 aliphatic rings. The molecule has 0 spiro atoms. The number of pyridine rings is 1. The van der Waals surface area contributed by atoms with Gasteiger partial charge in [-0.15, -0.1) is 0 Å². The molecule has 1 aromatic heterocycles. The number of aryl methyl sites for hydroxylation is 1. The molecule has 2 fully saturated rings. The zero-order valence-corrected chi connectivity index (χ0v) is 12.0. The molecule has 0 radical (unpaired) electrons. The number of nitrogens with zero attached hydrogens (tertiary/aromatic N) is 2. The molecule has 0 N–H and O–H groups in total. The lowest BCUT2D eigenvalue weighted by atomic mass is 9.97. The summed E-state index contributed by atoms with van der Waals surface area (Å²) in [4.78, 5) is 14.1. The third-order valence-corrected chi connectivity index (χ3v) is 4.15. The Balaban J connectivity index is 1.61. The fourth-order valence-corrected chi connectivity index (χ4v) is 3.05. The first-order valence-electron chi connectivity index (χ1n) is 7.33. The molecular formula is C15H22N2O3. The Kier molecular flexibility index (Phi) is 4.19. The van der Waals surface area contributed by atoms with Gasteiger partial charge < -0.3 is 14.0 Å². The minimum absolute atomic E-state index is 0.0264. The van der Waals surface area contributed by atoms with Gasteiger partial charge in [-0.05, 0) is 31.0 Å². The van der Waals surface area contributed by atoms with Crippen molar-refractivity contribution in [2.75, 3.05) is 26.3 Å². The molecule has 110 valence electrons. The number of rotatable bonds is 3. The van der Waals surface area contributed by atoms with Gasteiger partial charge in [0, 0.05) is 38.3 Å². The molecule has 5 heteroatoms. The Hall–Kier alpha value is -1.17. The van der Waals surface area contributed by atoms with E-state index in [4.69, 9.17) is 9.47 Å². The molecule has 0 saturated carbocycles. The van der Waals surface area contributed by atoms with Crippen LogP contribution in [0.15, 0.2) is 23.1 Å². The average molecular weight is 278 g/mol. The van der Waals surface area contributed by atoms with Crippen LogP contribution < -0.4 is 5.56 Å². The van der Waals surface area contributed by atoms with Crippen molar-refractivity contribution in [1.29, 1.82) is 0 Å². The van der Waals surface area contributed by atoms with Gasteiger partial charge in [-0.25, -0.2) is 0 Å². The molecule has 1 atom stereocenters. The van der Waals surface area contributed by atoms with Crippen molar-refractivity contribution in [2.24, 2.45) is 13.0 Å². The first-order chi connectivity index (χ1) is 9.72. The van der Waals surface area contributed by atoms with Gasteiger partial charge in [0.15, 0.2) is 6.29 Å². The minimum atomic E-state index is -0.0264. The van der Waals surface area contributed by atoms with Crippen molar-refractivity contribution in [3.8, 4) is 0 Å². The van der Waals surface area contributed by atoms with Crippen LogP contribution in [0.5, 0.6) is 0 Å². The van der Waals surface area contributed by atoms with Gasteiger partial charge in [0.05, 0.1) is 13.2 Å². The summed E-state index contributed by atoms with van der Waals surface area (Å²) in [6.07, 6.45) is 4.14. The second-order valence-corrected chi connectivity index (χ2v) is 5.73. The van der Waals surface area contributed by atoms with Gasteiger partial charge in [-0.3, -0.25) is 9.69 Å². The van der Waals surface area contributed by atoms with E-state index in [2.05, 4.69) is 4.90 Å². The summed E-state index contributed by atoms with van der Waals surface area (Å²) in [5.41, 5.74) is 1.14. The fourth-order valence-electron chi connectivity index (χ4n) is 3.05. The monoisotopic (exact) mass is 278 g/mol. The van der Waals surface area contributed by atoms with E-state index >= 15 is 0 Å². The molecule has 0 aromatic carbocycles. The van der Waals surface area contributed by atoms with Gasteiger partial charge in [0.25, 0.3) is 5.56 Å². The molecule has 0 amide bonds. The Morgan fingerprint density at radius 2 is 2.15 bits per heavy atom. The first kappa shape index (κ1) is 13.8. The molecule has 3 rings (SSSR count). The Labute approximate surface area is 119 Å². The predicted octanol–water partition coefficient (Wildman–Crippen LogP) is 0.970. The van der Waals surface area contributed by atoms with Crippen molar-refractivity contribution in [3.63, 3.8) is 0 Å². The molecule has 20 heavy (non-hydrogen) atoms. The van der Waals surface area contributed by atoms with E-state index in [0.717, 1.165) is 44.8 Å². The maximum atomic E-state index is 11.7. The lowest BCUT2D eigenvalue weighted by Gasteiger charge is -2.34. The Morgan fingerprint density at radius 3 is 2.90 bits per heavy atom. The predicted molar refractivity (Wildman–Crippen MR) is 75.4 cm³/mol. The summed E-state index contributed by atoms with van der Waals surface area (Å²) in [6.45, 7) is 4.34. The molecule has 1 unspecified atom stereocenters. The highest BCUT2D eigenvalue weighted by atomic mass is 16.7. The summed E-state index contributed by atoms with van der Waals surface area (Å²) in [5, 5.41) is 0. The summed E-state index contributed by atoms with van der Waals surface area (Å²) in [6, 6.07) is 3.75. The molecule has 0 aliphatic carbocycles. The van der Waals surface area contributed by atoms with E-state index in [-0.39, 0.29) is 11.8 Å². The third-order valence-electron chi connectivity index (χ3n) is 4.15. The van der Waals surface area contributed by atoms with E-state index in [9.17, 15) is 4.79 Å². The maximum absolute atomic E-state index is 11.7. The van der Waals surface area contributed by atoms with E-state index in [1.807, 2.05) is 12.3 Å². The smallest absolute Gasteiger partial charge is 0.250 e. The Bertz CT molecular complexity index is 508. The van der Waals surface area contributed by atoms with Gasteiger partial charge in [-0.1, -0.05) is 0 Å². The minimum Gasteiger partial charge on any atom is -0.350 e. The third kappa shape index (κ3) is 3.11. The van der Waals surface area contributed by atoms with Crippen molar-refractivity contribution in [3.05, 3.63) is 34.2 Å². The average Bonchev–Trinajstić information content (AvgIpc) is 2.97. The standard InChI is InChI=1S/C15H22N2O3/c1-16-6-4-12(9-14(16)18)10-17-5-2-3-13(11-17)15-19-7-8-20-15/h4,6,9,13,15H,2-3,5,7-8,10-11H2,1H3. The highest BCUT2D eigenvalue weighted by molar-refractivity contribution is 5.10. The number of likely N-dealkylation sites (tertiary alicyclic amines) is 1. The molecule has 5 nitrogen and oxygen atoms in total. The quantitative estimate of drug-likeness (QED) is 0.826. The summed E-state index contributed by atoms with van der Waals surface area (Å²) >= 11 is 0. The highest BCUT2D eigenvalue weighted by Gasteiger charge is 2.30. The van der Waals surface area contributed by atoms with Gasteiger partial charge in [0.2, 0.25) is 0 Å². The van der Waals surface area contributed by atoms with E-state index in [0.29, 0.717) is 5.92 Å². The van der Waals surface area contributed by atoms with Crippen molar-refractivity contribution in [2.45, 2.75) is 25.7 Å². The molecule has 1 aromatic rings. The van der Waals surface area contributed by atoms with Crippen LogP contribution in [-0.2, 0) is 23.1 Å². The van der Waals surface area contributed by atoms with E-state index < -0.39 is 0 Å². The zero-order chi connectivity index (χ0) is 13.9. The van der Waals surface area contributed by atoms with E-state index in [1.165, 1.54) is 6.42 Å². The number of aromatic nitrogens is 1. The zero-order valence-electron chi connectivity index (χ0n) is 12.0. The molecule has 2 saturated heterocycles. The van der Waals surface area contributed by atoms with E-state index in [1.54, 1.807) is 17.7 Å². The second kappa shape index (κ2) is 6.08. The van der Waals surface area contributed by atoms with Crippen LogP contribution in [0.2, 0.25) is 0 Å². The fraction of sp³-hybridized carbons (Fsp3) is 0.667. The van der Waals surface area contributed by atoms with Gasteiger partial charge >= 0.3 is 0 Å². The van der Waals surface area contributed by atoms with Crippen LogP contribution in [-0.4, -0.2) is 42.1 Å². The van der Waals surface area contributed by atoms with Crippen LogP contribution in [0, 0.1) is 5.92 Å². The van der Waals surface area contributed by atoms with Crippen LogP contribution in [0.25, 0.3) is 0 Å². The molecular weight excluding hydrogens is 256 g/mol. The molecule has 2 aliphatic heterocycles. The van der Waals surface area contributed by atoms with Crippen LogP contribution in [0.1, 0.15) is 18.4 Å². The topological polar surface area (TPSA) is 43.7 Å². The number of hydrogen-bond donors (Lipinski definition) is 0. The largest absolute Gasteiger partial charge is 0.350 e. The molecule has 3 heterocycles. The second-order valence-electron chi connectivity index (χ2n) is 5.73. The lowest BCUT2D eigenvalue weighted by Crippen LogP contribution is -2.40. The normalized spacial score (nSPS) is 25.1. The lowest BCUT2D eigenvalue weighted by molar-refractivity contribution is -0.101. The van der Waals surface area contributed by atoms with Crippen LogP contribution in [0.3, 0.4) is 0 Å².